The van der Waals surface area contributed by atoms with Crippen molar-refractivity contribution in [3.05, 3.63) is 142 Å². The van der Waals surface area contributed by atoms with E-state index in [0.717, 1.165) is 94.9 Å². The number of nitro groups is 1. The molecule has 4 fully saturated rings. The third kappa shape index (κ3) is 10.7. The van der Waals surface area contributed by atoms with E-state index in [1.165, 1.54) is 28.8 Å². The van der Waals surface area contributed by atoms with Crippen LogP contribution >= 0.6 is 0 Å². The van der Waals surface area contributed by atoms with E-state index in [0.29, 0.717) is 48.8 Å². The molecule has 4 N–H and O–H groups in total. The van der Waals surface area contributed by atoms with Gasteiger partial charge >= 0.3 is 0 Å². The molecule has 3 aromatic carbocycles. The summed E-state index contributed by atoms with van der Waals surface area (Å²) in [6.45, 7) is 12.3. The Morgan fingerprint density at radius 2 is 1.75 bits per heavy atom. The SMILES string of the molecule is CC(C)c1ccccc1C1CN(Cc2cccnc2)CCN1C1CC2(CCN(c3ccc(C(=O)NS(=O)(=O)c4ccc(NCC5CCC(C)(O)CC5)c([N+](=O)[O-])c4)c(Oc4cnc5[nH]ccc5c4)c3)CC2)C1. The molecule has 2 aliphatic carbocycles. The van der Waals surface area contributed by atoms with E-state index >= 15 is 0 Å². The summed E-state index contributed by atoms with van der Waals surface area (Å²) < 4.78 is 36.2. The molecule has 16 nitrogen and oxygen atoms in total. The summed E-state index contributed by atoms with van der Waals surface area (Å²) in [4.78, 5) is 44.9. The van der Waals surface area contributed by atoms with Crippen molar-refractivity contribution in [2.45, 2.75) is 107 Å². The van der Waals surface area contributed by atoms with E-state index in [9.17, 15) is 28.4 Å². The number of benzene rings is 3. The summed E-state index contributed by atoms with van der Waals surface area (Å²) in [5.74, 6) is 0.180. The molecule has 378 valence electrons. The minimum atomic E-state index is -4.58. The Balaban J connectivity index is 0.833. The number of carbonyl (C=O) groups is 1. The first kappa shape index (κ1) is 49.2. The minimum absolute atomic E-state index is 0.0276. The molecule has 5 heterocycles. The van der Waals surface area contributed by atoms with E-state index in [4.69, 9.17) is 4.74 Å². The third-order valence-corrected chi connectivity index (χ3v) is 17.2. The van der Waals surface area contributed by atoms with Crippen LogP contribution in [0.2, 0.25) is 0 Å². The van der Waals surface area contributed by atoms with Gasteiger partial charge in [-0.1, -0.05) is 44.2 Å². The zero-order valence-electron chi connectivity index (χ0n) is 41.3. The summed E-state index contributed by atoms with van der Waals surface area (Å²) in [6, 6.07) is 26.4. The molecule has 3 aromatic heterocycles. The van der Waals surface area contributed by atoms with Crippen molar-refractivity contribution >= 4 is 44.0 Å². The van der Waals surface area contributed by atoms with Crippen LogP contribution in [0.25, 0.3) is 11.0 Å². The van der Waals surface area contributed by atoms with Gasteiger partial charge in [0.2, 0.25) is 0 Å². The van der Waals surface area contributed by atoms with Gasteiger partial charge in [0.1, 0.15) is 22.8 Å². The highest BCUT2D eigenvalue weighted by Gasteiger charge is 2.50. The first-order chi connectivity index (χ1) is 34.6. The maximum Gasteiger partial charge on any atom is 0.293 e. The fraction of sp³-hybridized carbons (Fsp3) is 0.436. The second-order valence-corrected chi connectivity index (χ2v) is 22.9. The van der Waals surface area contributed by atoms with E-state index in [1.807, 2.05) is 37.5 Å². The number of nitrogens with one attached hydrogen (secondary N) is 3. The minimum Gasteiger partial charge on any atom is -0.455 e. The lowest BCUT2D eigenvalue weighted by atomic mass is 9.59. The lowest BCUT2D eigenvalue weighted by molar-refractivity contribution is -0.384. The first-order valence-corrected chi connectivity index (χ1v) is 26.9. The molecule has 1 amide bonds. The molecule has 1 spiro atoms. The number of ether oxygens (including phenoxy) is 1. The number of nitro benzene ring substituents is 1. The van der Waals surface area contributed by atoms with Crippen LogP contribution in [0, 0.1) is 21.4 Å². The largest absolute Gasteiger partial charge is 0.455 e. The van der Waals surface area contributed by atoms with Gasteiger partial charge in [0.05, 0.1) is 27.2 Å². The van der Waals surface area contributed by atoms with Crippen LogP contribution in [-0.4, -0.2) is 100 Å². The Morgan fingerprint density at radius 3 is 2.50 bits per heavy atom. The summed E-state index contributed by atoms with van der Waals surface area (Å²) >= 11 is 0. The van der Waals surface area contributed by atoms with Gasteiger partial charge in [0.25, 0.3) is 21.6 Å². The molecule has 0 radical (unpaired) electrons. The number of hydrogen-bond donors (Lipinski definition) is 4. The molecule has 1 atom stereocenters. The van der Waals surface area contributed by atoms with Crippen molar-refractivity contribution in [2.75, 3.05) is 49.5 Å². The van der Waals surface area contributed by atoms with Crippen molar-refractivity contribution in [3.63, 3.8) is 0 Å². The first-order valence-electron chi connectivity index (χ1n) is 25.4. The monoisotopic (exact) mass is 995 g/mol. The molecule has 2 aliphatic heterocycles. The molecule has 2 saturated heterocycles. The van der Waals surface area contributed by atoms with Gasteiger partial charge in [0, 0.05) is 99.7 Å². The number of rotatable bonds is 15. The molecule has 4 aliphatic rings. The number of H-pyrrole nitrogens is 1. The highest BCUT2D eigenvalue weighted by Crippen LogP contribution is 2.53. The number of hydrogen-bond acceptors (Lipinski definition) is 13. The molecule has 72 heavy (non-hydrogen) atoms. The number of carbonyl (C=O) groups excluding carboxylic acids is 1. The Morgan fingerprint density at radius 1 is 0.958 bits per heavy atom. The van der Waals surface area contributed by atoms with E-state index < -0.39 is 37.0 Å². The molecule has 10 rings (SSSR count). The maximum absolute atomic E-state index is 14.1. The standard InChI is InChI=1S/C55H65N9O7S/c1-37(2)45-8-4-5-9-46(45)50-36-61(35-39-7-6-21-56-32-39)25-26-63(50)42-30-55(31-42)19-23-62(24-20-55)41-10-12-47(51(28-41)71-43-27-40-16-22-57-52(40)59-34-43)53(65)60-72(69,70)44-11-13-48(49(29-44)64(67)68)58-33-38-14-17-54(3,66)18-15-38/h4-13,16,21-22,27-29,32,34,37-38,42,50,58,66H,14-15,17-20,23-26,30-31,33,35-36H2,1-3H3,(H,57,59)(H,60,65). The zero-order chi connectivity index (χ0) is 50.2. The Labute approximate surface area is 421 Å². The van der Waals surface area contributed by atoms with Crippen molar-refractivity contribution in [3.8, 4) is 11.5 Å². The van der Waals surface area contributed by atoms with Crippen LogP contribution in [0.5, 0.6) is 11.5 Å². The smallest absolute Gasteiger partial charge is 0.293 e. The van der Waals surface area contributed by atoms with Gasteiger partial charge in [-0.05, 0) is 135 Å². The fourth-order valence-corrected chi connectivity index (χ4v) is 12.7. The van der Waals surface area contributed by atoms with Crippen LogP contribution in [0.3, 0.4) is 0 Å². The van der Waals surface area contributed by atoms with Gasteiger partial charge in [-0.2, -0.15) is 0 Å². The number of aromatic amines is 1. The van der Waals surface area contributed by atoms with Crippen LogP contribution in [0.1, 0.15) is 111 Å². The van der Waals surface area contributed by atoms with Crippen LogP contribution in [-0.2, 0) is 16.6 Å². The number of piperazine rings is 1. The predicted molar refractivity (Wildman–Crippen MR) is 278 cm³/mol. The van der Waals surface area contributed by atoms with E-state index in [1.54, 1.807) is 30.6 Å². The summed E-state index contributed by atoms with van der Waals surface area (Å²) in [6.07, 6.45) is 14.2. The lowest BCUT2D eigenvalue weighted by Gasteiger charge is -2.58. The van der Waals surface area contributed by atoms with Gasteiger partial charge < -0.3 is 25.0 Å². The number of aliphatic hydroxyl groups is 1. The number of anilines is 2. The Hall–Kier alpha value is -6.40. The number of nitrogens with zero attached hydrogens (tertiary/aromatic N) is 6. The summed E-state index contributed by atoms with van der Waals surface area (Å²) in [7, 11) is -4.58. The summed E-state index contributed by atoms with van der Waals surface area (Å²) in [5.41, 5.74) is 4.84. The number of fused-ring (bicyclic) bond motifs is 1. The topological polar surface area (TPSA) is 199 Å². The fourth-order valence-electron chi connectivity index (χ4n) is 11.7. The second kappa shape index (κ2) is 20.2. The van der Waals surface area contributed by atoms with Crippen molar-refractivity contribution in [1.29, 1.82) is 0 Å². The quantitative estimate of drug-likeness (QED) is 0.0561. The molecule has 0 bridgehead atoms. The molecular weight excluding hydrogens is 931 g/mol. The van der Waals surface area contributed by atoms with Gasteiger partial charge in [-0.25, -0.2) is 18.1 Å². The lowest BCUT2D eigenvalue weighted by Crippen LogP contribution is -2.60. The Bertz CT molecular complexity index is 3030. The van der Waals surface area contributed by atoms with Crippen molar-refractivity contribution in [2.24, 2.45) is 11.3 Å². The highest BCUT2D eigenvalue weighted by molar-refractivity contribution is 7.90. The molecule has 17 heteroatoms. The van der Waals surface area contributed by atoms with Crippen LogP contribution in [0.15, 0.2) is 115 Å². The second-order valence-electron chi connectivity index (χ2n) is 21.2. The number of pyridine rings is 2. The van der Waals surface area contributed by atoms with E-state index in [-0.39, 0.29) is 28.3 Å². The van der Waals surface area contributed by atoms with Crippen molar-refractivity contribution in [1.82, 2.24) is 29.5 Å². The van der Waals surface area contributed by atoms with E-state index in [2.05, 4.69) is 83.9 Å². The number of amides is 1. The molecule has 2 saturated carbocycles. The molecule has 6 aromatic rings. The highest BCUT2D eigenvalue weighted by atomic mass is 32.2. The third-order valence-electron chi connectivity index (χ3n) is 15.9. The molecular formula is C55H65N9O7S. The summed E-state index contributed by atoms with van der Waals surface area (Å²) in [5, 5.41) is 26.5. The average Bonchev–Trinajstić information content (AvgIpc) is 3.84. The predicted octanol–water partition coefficient (Wildman–Crippen LogP) is 9.56. The van der Waals surface area contributed by atoms with Crippen LogP contribution in [0.4, 0.5) is 17.1 Å². The Kier molecular flexibility index (Phi) is 13.8. The normalized spacial score (nSPS) is 21.9. The number of sulfonamides is 1. The van der Waals surface area contributed by atoms with Gasteiger partial charge in [-0.3, -0.25) is 29.7 Å². The zero-order valence-corrected chi connectivity index (χ0v) is 42.1. The van der Waals surface area contributed by atoms with Gasteiger partial charge in [0.15, 0.2) is 0 Å². The average molecular weight is 996 g/mol. The van der Waals surface area contributed by atoms with Crippen molar-refractivity contribution < 1.29 is 28.0 Å². The van der Waals surface area contributed by atoms with Gasteiger partial charge in [-0.15, -0.1) is 0 Å². The van der Waals surface area contributed by atoms with Crippen LogP contribution < -0.4 is 19.7 Å². The number of aromatic nitrogens is 3. The molecule has 1 unspecified atom stereocenters. The number of piperidine rings is 1. The maximum atomic E-state index is 14.1.